The van der Waals surface area contributed by atoms with Gasteiger partial charge in [0, 0.05) is 11.3 Å². The van der Waals surface area contributed by atoms with Crippen molar-refractivity contribution in [2.24, 2.45) is 0 Å². The number of tetrazole rings is 1. The predicted octanol–water partition coefficient (Wildman–Crippen LogP) is 3.87. The van der Waals surface area contributed by atoms with Gasteiger partial charge in [-0.1, -0.05) is 12.1 Å². The highest BCUT2D eigenvalue weighted by Gasteiger charge is 2.28. The van der Waals surface area contributed by atoms with E-state index in [0.29, 0.717) is 40.2 Å². The number of benzene rings is 2. The number of aryl methyl sites for hydroxylation is 1. The van der Waals surface area contributed by atoms with E-state index in [9.17, 15) is 9.18 Å². The molecule has 5 rings (SSSR count). The highest BCUT2D eigenvalue weighted by molar-refractivity contribution is 6.06. The van der Waals surface area contributed by atoms with Crippen molar-refractivity contribution in [3.05, 3.63) is 71.3 Å². The Labute approximate surface area is 177 Å². The zero-order chi connectivity index (χ0) is 21.5. The van der Waals surface area contributed by atoms with Gasteiger partial charge in [0.05, 0.1) is 28.7 Å². The fourth-order valence-corrected chi connectivity index (χ4v) is 3.68. The van der Waals surface area contributed by atoms with Gasteiger partial charge in [0.25, 0.3) is 5.91 Å². The molecule has 1 amide bonds. The first kappa shape index (κ1) is 19.1. The van der Waals surface area contributed by atoms with Gasteiger partial charge in [-0.15, -0.1) is 5.10 Å². The summed E-state index contributed by atoms with van der Waals surface area (Å²) in [5.74, 6) is 0.105. The topological polar surface area (TPSA) is 90.5 Å². The van der Waals surface area contributed by atoms with Crippen molar-refractivity contribution in [2.75, 3.05) is 5.32 Å². The first-order valence-corrected chi connectivity index (χ1v) is 10.0. The van der Waals surface area contributed by atoms with Crippen molar-refractivity contribution in [1.29, 1.82) is 0 Å². The largest absolute Gasteiger partial charge is 0.322 e. The lowest BCUT2D eigenvalue weighted by atomic mass is 10.1. The summed E-state index contributed by atoms with van der Waals surface area (Å²) >= 11 is 0. The second kappa shape index (κ2) is 7.42. The van der Waals surface area contributed by atoms with Gasteiger partial charge in [0.2, 0.25) is 0 Å². The van der Waals surface area contributed by atoms with Gasteiger partial charge in [0.15, 0.2) is 5.82 Å². The molecule has 31 heavy (non-hydrogen) atoms. The number of hydrogen-bond donors (Lipinski definition) is 1. The zero-order valence-electron chi connectivity index (χ0n) is 17.1. The molecule has 0 aliphatic heterocycles. The van der Waals surface area contributed by atoms with Crippen LogP contribution >= 0.6 is 0 Å². The van der Waals surface area contributed by atoms with E-state index in [1.165, 1.54) is 12.1 Å². The first-order valence-electron chi connectivity index (χ1n) is 10.0. The van der Waals surface area contributed by atoms with Crippen LogP contribution in [0, 0.1) is 19.7 Å². The Morgan fingerprint density at radius 2 is 1.90 bits per heavy atom. The Morgan fingerprint density at radius 1 is 1.13 bits per heavy atom. The molecule has 0 radical (unpaired) electrons. The summed E-state index contributed by atoms with van der Waals surface area (Å²) in [6, 6.07) is 13.8. The third kappa shape index (κ3) is 3.58. The van der Waals surface area contributed by atoms with E-state index in [2.05, 4.69) is 25.9 Å². The summed E-state index contributed by atoms with van der Waals surface area (Å²) in [5.41, 5.74) is 3.92. The van der Waals surface area contributed by atoms with Gasteiger partial charge in [-0.05, 0) is 73.5 Å². The predicted molar refractivity (Wildman–Crippen MR) is 112 cm³/mol. The van der Waals surface area contributed by atoms with Crippen molar-refractivity contribution >= 4 is 11.6 Å². The molecule has 1 saturated carbocycles. The Kier molecular flexibility index (Phi) is 4.58. The minimum atomic E-state index is -0.323. The Bertz CT molecular complexity index is 1270. The molecule has 1 aliphatic rings. The van der Waals surface area contributed by atoms with Gasteiger partial charge in [0.1, 0.15) is 5.82 Å². The summed E-state index contributed by atoms with van der Waals surface area (Å²) in [4.78, 5) is 13.1. The number of nitrogens with zero attached hydrogens (tertiary/aromatic N) is 6. The maximum atomic E-state index is 13.3. The average Bonchev–Trinajstić information content (AvgIpc) is 3.40. The van der Waals surface area contributed by atoms with E-state index in [0.717, 1.165) is 18.4 Å². The van der Waals surface area contributed by atoms with Crippen LogP contribution < -0.4 is 5.32 Å². The highest BCUT2D eigenvalue weighted by atomic mass is 19.1. The summed E-state index contributed by atoms with van der Waals surface area (Å²) < 4.78 is 16.7. The molecule has 2 aromatic heterocycles. The molecule has 2 aromatic carbocycles. The molecule has 0 unspecified atom stereocenters. The van der Waals surface area contributed by atoms with Crippen molar-refractivity contribution in [1.82, 2.24) is 30.0 Å². The minimum Gasteiger partial charge on any atom is -0.322 e. The zero-order valence-corrected chi connectivity index (χ0v) is 17.1. The van der Waals surface area contributed by atoms with Crippen molar-refractivity contribution in [2.45, 2.75) is 32.7 Å². The smallest absolute Gasteiger partial charge is 0.259 e. The fraction of sp³-hybridized carbons (Fsp3) is 0.227. The van der Waals surface area contributed by atoms with E-state index in [-0.39, 0.29) is 11.7 Å². The van der Waals surface area contributed by atoms with Gasteiger partial charge in [-0.2, -0.15) is 5.10 Å². The summed E-state index contributed by atoms with van der Waals surface area (Å²) in [5, 5.41) is 19.5. The van der Waals surface area contributed by atoms with Crippen LogP contribution in [-0.4, -0.2) is 35.9 Å². The molecular formula is C22H20FN7O. The van der Waals surface area contributed by atoms with Crippen LogP contribution in [0.5, 0.6) is 0 Å². The number of hydrogen-bond acceptors (Lipinski definition) is 5. The monoisotopic (exact) mass is 417 g/mol. The van der Waals surface area contributed by atoms with E-state index in [4.69, 9.17) is 0 Å². The van der Waals surface area contributed by atoms with Gasteiger partial charge in [-0.25, -0.2) is 13.8 Å². The lowest BCUT2D eigenvalue weighted by Crippen LogP contribution is -2.14. The standard InChI is InChI=1S/C22H20FN7O/c1-13-20(14(2)29(26-13)18-8-6-16(23)7-9-18)22(31)24-17-5-3-4-15(12-17)21-25-27-28-30(21)19-10-11-19/h3-9,12,19H,10-11H2,1-2H3,(H,24,31). The number of amides is 1. The third-order valence-corrected chi connectivity index (χ3v) is 5.35. The maximum Gasteiger partial charge on any atom is 0.259 e. The highest BCUT2D eigenvalue weighted by Crippen LogP contribution is 2.36. The average molecular weight is 417 g/mol. The third-order valence-electron chi connectivity index (χ3n) is 5.35. The maximum absolute atomic E-state index is 13.3. The molecule has 4 aromatic rings. The van der Waals surface area contributed by atoms with Gasteiger partial charge in [-0.3, -0.25) is 4.79 Å². The Morgan fingerprint density at radius 3 is 2.65 bits per heavy atom. The number of rotatable bonds is 5. The molecule has 8 nitrogen and oxygen atoms in total. The van der Waals surface area contributed by atoms with Crippen molar-refractivity contribution in [3.63, 3.8) is 0 Å². The Hall–Kier alpha value is -3.88. The molecule has 0 atom stereocenters. The molecule has 1 fully saturated rings. The molecule has 9 heteroatoms. The molecule has 156 valence electrons. The SMILES string of the molecule is Cc1nn(-c2ccc(F)cc2)c(C)c1C(=O)Nc1cccc(-c2nnnn2C2CC2)c1. The molecule has 0 spiro atoms. The lowest BCUT2D eigenvalue weighted by molar-refractivity contribution is 0.102. The number of aromatic nitrogens is 6. The number of carbonyl (C=O) groups excluding carboxylic acids is 1. The van der Waals surface area contributed by atoms with Crippen LogP contribution in [0.15, 0.2) is 48.5 Å². The molecule has 2 heterocycles. The lowest BCUT2D eigenvalue weighted by Gasteiger charge is -2.09. The summed E-state index contributed by atoms with van der Waals surface area (Å²) in [6.45, 7) is 3.60. The molecule has 0 saturated heterocycles. The van der Waals surface area contributed by atoms with Crippen LogP contribution in [0.3, 0.4) is 0 Å². The number of halogens is 1. The van der Waals surface area contributed by atoms with Crippen molar-refractivity contribution in [3.8, 4) is 17.1 Å². The van der Waals surface area contributed by atoms with Crippen LogP contribution in [0.4, 0.5) is 10.1 Å². The molecule has 1 N–H and O–H groups in total. The van der Waals surface area contributed by atoms with Crippen LogP contribution in [-0.2, 0) is 0 Å². The van der Waals surface area contributed by atoms with Gasteiger partial charge >= 0.3 is 0 Å². The quantitative estimate of drug-likeness (QED) is 0.532. The van der Waals surface area contributed by atoms with E-state index in [1.54, 1.807) is 23.7 Å². The summed E-state index contributed by atoms with van der Waals surface area (Å²) in [6.07, 6.45) is 2.15. The van der Waals surface area contributed by atoms with Crippen LogP contribution in [0.1, 0.15) is 40.6 Å². The number of anilines is 1. The number of nitrogens with one attached hydrogen (secondary N) is 1. The second-order valence-electron chi connectivity index (χ2n) is 7.65. The molecule has 0 bridgehead atoms. The van der Waals surface area contributed by atoms with Crippen LogP contribution in [0.25, 0.3) is 17.1 Å². The van der Waals surface area contributed by atoms with Crippen molar-refractivity contribution < 1.29 is 9.18 Å². The van der Waals surface area contributed by atoms with E-state index in [1.807, 2.05) is 35.9 Å². The van der Waals surface area contributed by atoms with Gasteiger partial charge < -0.3 is 5.32 Å². The molecular weight excluding hydrogens is 397 g/mol. The van der Waals surface area contributed by atoms with E-state index < -0.39 is 0 Å². The van der Waals surface area contributed by atoms with E-state index >= 15 is 0 Å². The second-order valence-corrected chi connectivity index (χ2v) is 7.65. The normalized spacial score (nSPS) is 13.4. The Balaban J connectivity index is 1.42. The number of carbonyl (C=O) groups is 1. The fourth-order valence-electron chi connectivity index (χ4n) is 3.68. The summed E-state index contributed by atoms with van der Waals surface area (Å²) in [7, 11) is 0. The molecule has 1 aliphatic carbocycles. The minimum absolute atomic E-state index is 0.262. The first-order chi connectivity index (χ1) is 15.0. The van der Waals surface area contributed by atoms with Crippen LogP contribution in [0.2, 0.25) is 0 Å².